The number of nitro benzene ring substituents is 1. The third-order valence-corrected chi connectivity index (χ3v) is 4.25. The van der Waals surface area contributed by atoms with E-state index in [-0.39, 0.29) is 11.6 Å². The standard InChI is InChI=1S/C18H16N4O3/c19-13-14-1-3-15(4-2-14)18(23)21-11-9-20(10-12-21)16-5-7-17(8-6-16)22(24)25/h1-8H,9-12H2. The molecule has 1 fully saturated rings. The van der Waals surface area contributed by atoms with E-state index >= 15 is 0 Å². The number of rotatable bonds is 3. The number of carbonyl (C=O) groups is 1. The van der Waals surface area contributed by atoms with Gasteiger partial charge in [0.1, 0.15) is 0 Å². The molecule has 1 aliphatic rings. The summed E-state index contributed by atoms with van der Waals surface area (Å²) < 4.78 is 0. The molecular weight excluding hydrogens is 320 g/mol. The van der Waals surface area contributed by atoms with Crippen molar-refractivity contribution >= 4 is 17.3 Å². The van der Waals surface area contributed by atoms with Crippen molar-refractivity contribution < 1.29 is 9.72 Å². The minimum atomic E-state index is -0.419. The molecule has 126 valence electrons. The predicted molar refractivity (Wildman–Crippen MR) is 92.4 cm³/mol. The second kappa shape index (κ2) is 7.01. The Morgan fingerprint density at radius 3 is 2.12 bits per heavy atom. The first-order chi connectivity index (χ1) is 12.1. The highest BCUT2D eigenvalue weighted by Crippen LogP contribution is 2.21. The van der Waals surface area contributed by atoms with E-state index in [9.17, 15) is 14.9 Å². The van der Waals surface area contributed by atoms with Gasteiger partial charge in [-0.2, -0.15) is 5.26 Å². The van der Waals surface area contributed by atoms with E-state index < -0.39 is 4.92 Å². The maximum atomic E-state index is 12.5. The monoisotopic (exact) mass is 336 g/mol. The number of benzene rings is 2. The fraction of sp³-hybridized carbons (Fsp3) is 0.222. The molecule has 0 aromatic heterocycles. The van der Waals surface area contributed by atoms with Crippen LogP contribution in [0.1, 0.15) is 15.9 Å². The minimum Gasteiger partial charge on any atom is -0.368 e. The van der Waals surface area contributed by atoms with Gasteiger partial charge in [-0.3, -0.25) is 14.9 Å². The molecule has 1 heterocycles. The number of amides is 1. The second-order valence-electron chi connectivity index (χ2n) is 5.74. The van der Waals surface area contributed by atoms with Crippen molar-refractivity contribution in [2.24, 2.45) is 0 Å². The summed E-state index contributed by atoms with van der Waals surface area (Å²) in [6.07, 6.45) is 0. The van der Waals surface area contributed by atoms with Crippen molar-refractivity contribution in [1.82, 2.24) is 4.90 Å². The van der Waals surface area contributed by atoms with Gasteiger partial charge in [-0.25, -0.2) is 0 Å². The van der Waals surface area contributed by atoms with Gasteiger partial charge in [-0.05, 0) is 36.4 Å². The molecule has 7 heteroatoms. The molecule has 0 saturated carbocycles. The minimum absolute atomic E-state index is 0.0483. The predicted octanol–water partition coefficient (Wildman–Crippen LogP) is 2.43. The van der Waals surface area contributed by atoms with Crippen LogP contribution in [0.3, 0.4) is 0 Å². The fourth-order valence-electron chi connectivity index (χ4n) is 2.82. The summed E-state index contributed by atoms with van der Waals surface area (Å²) in [7, 11) is 0. The van der Waals surface area contributed by atoms with Gasteiger partial charge in [0.2, 0.25) is 0 Å². The van der Waals surface area contributed by atoms with Gasteiger partial charge in [-0.1, -0.05) is 0 Å². The summed E-state index contributed by atoms with van der Waals surface area (Å²) in [5.41, 5.74) is 2.08. The van der Waals surface area contributed by atoms with Crippen molar-refractivity contribution in [1.29, 1.82) is 5.26 Å². The van der Waals surface area contributed by atoms with Crippen LogP contribution in [-0.2, 0) is 0 Å². The Morgan fingerprint density at radius 2 is 1.60 bits per heavy atom. The zero-order chi connectivity index (χ0) is 17.8. The lowest BCUT2D eigenvalue weighted by molar-refractivity contribution is -0.384. The summed E-state index contributed by atoms with van der Waals surface area (Å²) in [5.74, 6) is -0.0483. The highest BCUT2D eigenvalue weighted by Gasteiger charge is 2.22. The number of anilines is 1. The van der Waals surface area contributed by atoms with Crippen LogP contribution in [-0.4, -0.2) is 41.9 Å². The molecule has 1 amide bonds. The molecular formula is C18H16N4O3. The van der Waals surface area contributed by atoms with Gasteiger partial charge >= 0.3 is 0 Å². The van der Waals surface area contributed by atoms with Crippen molar-refractivity contribution in [3.05, 3.63) is 69.8 Å². The van der Waals surface area contributed by atoms with Crippen LogP contribution in [0, 0.1) is 21.4 Å². The van der Waals surface area contributed by atoms with Crippen LogP contribution in [0.15, 0.2) is 48.5 Å². The topological polar surface area (TPSA) is 90.5 Å². The van der Waals surface area contributed by atoms with Gasteiger partial charge in [0.25, 0.3) is 11.6 Å². The largest absolute Gasteiger partial charge is 0.368 e. The SMILES string of the molecule is N#Cc1ccc(C(=O)N2CCN(c3ccc([N+](=O)[O-])cc3)CC2)cc1. The molecule has 3 rings (SSSR count). The number of nitriles is 1. The van der Waals surface area contributed by atoms with Crippen LogP contribution in [0.25, 0.3) is 0 Å². The third kappa shape index (κ3) is 3.58. The molecule has 0 radical (unpaired) electrons. The lowest BCUT2D eigenvalue weighted by atomic mass is 10.1. The Bertz CT molecular complexity index is 817. The zero-order valence-corrected chi connectivity index (χ0v) is 13.5. The third-order valence-electron chi connectivity index (χ3n) is 4.25. The maximum Gasteiger partial charge on any atom is 0.269 e. The zero-order valence-electron chi connectivity index (χ0n) is 13.5. The van der Waals surface area contributed by atoms with Crippen molar-refractivity contribution in [3.8, 4) is 6.07 Å². The molecule has 2 aromatic carbocycles. The molecule has 7 nitrogen and oxygen atoms in total. The average molecular weight is 336 g/mol. The summed E-state index contributed by atoms with van der Waals surface area (Å²) in [6, 6.07) is 15.1. The Hall–Kier alpha value is -3.40. The number of hydrogen-bond donors (Lipinski definition) is 0. The fourth-order valence-corrected chi connectivity index (χ4v) is 2.82. The molecule has 1 aliphatic heterocycles. The lowest BCUT2D eigenvalue weighted by Gasteiger charge is -2.36. The van der Waals surface area contributed by atoms with Gasteiger partial charge in [0, 0.05) is 49.6 Å². The Labute approximate surface area is 144 Å². The highest BCUT2D eigenvalue weighted by molar-refractivity contribution is 5.94. The quantitative estimate of drug-likeness (QED) is 0.634. The first-order valence-electron chi connectivity index (χ1n) is 7.87. The number of piperazine rings is 1. The molecule has 2 aromatic rings. The average Bonchev–Trinajstić information content (AvgIpc) is 2.67. The molecule has 1 saturated heterocycles. The molecule has 0 spiro atoms. The first-order valence-corrected chi connectivity index (χ1v) is 7.87. The molecule has 0 aliphatic carbocycles. The molecule has 0 N–H and O–H groups in total. The van der Waals surface area contributed by atoms with Gasteiger partial charge in [0.05, 0.1) is 16.6 Å². The normalized spacial score (nSPS) is 14.0. The van der Waals surface area contributed by atoms with Crippen molar-refractivity contribution in [3.63, 3.8) is 0 Å². The van der Waals surface area contributed by atoms with Crippen LogP contribution < -0.4 is 4.90 Å². The number of nitro groups is 1. The number of hydrogen-bond acceptors (Lipinski definition) is 5. The molecule has 0 bridgehead atoms. The van der Waals surface area contributed by atoms with Crippen LogP contribution >= 0.6 is 0 Å². The van der Waals surface area contributed by atoms with Crippen LogP contribution in [0.4, 0.5) is 11.4 Å². The van der Waals surface area contributed by atoms with E-state index in [4.69, 9.17) is 5.26 Å². The smallest absolute Gasteiger partial charge is 0.269 e. The summed E-state index contributed by atoms with van der Waals surface area (Å²) in [5, 5.41) is 19.5. The molecule has 0 unspecified atom stereocenters. The van der Waals surface area contributed by atoms with E-state index in [0.717, 1.165) is 5.69 Å². The summed E-state index contributed by atoms with van der Waals surface area (Å²) in [6.45, 7) is 2.49. The number of non-ortho nitro benzene ring substituents is 1. The summed E-state index contributed by atoms with van der Waals surface area (Å²) >= 11 is 0. The van der Waals surface area contributed by atoms with E-state index in [0.29, 0.717) is 37.3 Å². The lowest BCUT2D eigenvalue weighted by Crippen LogP contribution is -2.48. The molecule has 0 atom stereocenters. The Kier molecular flexibility index (Phi) is 4.61. The van der Waals surface area contributed by atoms with Gasteiger partial charge in [-0.15, -0.1) is 0 Å². The molecule has 25 heavy (non-hydrogen) atoms. The second-order valence-corrected chi connectivity index (χ2v) is 5.74. The van der Waals surface area contributed by atoms with Crippen LogP contribution in [0.5, 0.6) is 0 Å². The number of nitrogens with zero attached hydrogens (tertiary/aromatic N) is 4. The van der Waals surface area contributed by atoms with Crippen LogP contribution in [0.2, 0.25) is 0 Å². The van der Waals surface area contributed by atoms with E-state index in [2.05, 4.69) is 4.90 Å². The Balaban J connectivity index is 1.62. The summed E-state index contributed by atoms with van der Waals surface area (Å²) in [4.78, 5) is 26.7. The maximum absolute atomic E-state index is 12.5. The number of carbonyl (C=O) groups excluding carboxylic acids is 1. The van der Waals surface area contributed by atoms with E-state index in [1.54, 1.807) is 41.3 Å². The highest BCUT2D eigenvalue weighted by atomic mass is 16.6. The van der Waals surface area contributed by atoms with E-state index in [1.807, 2.05) is 6.07 Å². The first kappa shape index (κ1) is 16.5. The van der Waals surface area contributed by atoms with Crippen molar-refractivity contribution in [2.75, 3.05) is 31.1 Å². The van der Waals surface area contributed by atoms with Gasteiger partial charge in [0.15, 0.2) is 0 Å². The Morgan fingerprint density at radius 1 is 1.00 bits per heavy atom. The van der Waals surface area contributed by atoms with E-state index in [1.165, 1.54) is 12.1 Å². The van der Waals surface area contributed by atoms with Crippen molar-refractivity contribution in [2.45, 2.75) is 0 Å². The van der Waals surface area contributed by atoms with Gasteiger partial charge < -0.3 is 9.80 Å².